The van der Waals surface area contributed by atoms with E-state index in [1.54, 1.807) is 20.0 Å². The van der Waals surface area contributed by atoms with Crippen molar-refractivity contribution >= 4 is 11.7 Å². The van der Waals surface area contributed by atoms with Crippen molar-refractivity contribution in [3.05, 3.63) is 12.4 Å². The van der Waals surface area contributed by atoms with Crippen LogP contribution in [0, 0.1) is 0 Å². The molecule has 6 nitrogen and oxygen atoms in total. The monoisotopic (exact) mass is 210 g/mol. The molecule has 1 rings (SSSR count). The van der Waals surface area contributed by atoms with Gasteiger partial charge in [0.1, 0.15) is 18.2 Å². The molecule has 6 heteroatoms. The molecule has 0 fully saturated rings. The third-order valence-electron chi connectivity index (χ3n) is 1.86. The minimum absolute atomic E-state index is 0.104. The van der Waals surface area contributed by atoms with Crippen molar-refractivity contribution in [3.8, 4) is 5.88 Å². The Hall–Kier alpha value is -1.85. The largest absolute Gasteiger partial charge is 0.481 e. The van der Waals surface area contributed by atoms with Crippen molar-refractivity contribution in [2.75, 3.05) is 19.5 Å². The predicted octanol–water partition coefficient (Wildman–Crippen LogP) is 0.0316. The molecule has 0 saturated carbocycles. The number of amides is 1. The van der Waals surface area contributed by atoms with Crippen LogP contribution in [0.1, 0.15) is 6.92 Å². The first-order valence-electron chi connectivity index (χ1n) is 4.51. The smallest absolute Gasteiger partial charge is 0.241 e. The minimum Gasteiger partial charge on any atom is -0.481 e. The van der Waals surface area contributed by atoms with E-state index in [4.69, 9.17) is 4.74 Å². The second-order valence-corrected chi connectivity index (χ2v) is 2.93. The quantitative estimate of drug-likeness (QED) is 0.733. The third-order valence-corrected chi connectivity index (χ3v) is 1.86. The number of rotatable bonds is 4. The van der Waals surface area contributed by atoms with Crippen LogP contribution in [0.15, 0.2) is 12.4 Å². The van der Waals surface area contributed by atoms with Crippen LogP contribution in [0.2, 0.25) is 0 Å². The molecular formula is C9H14N4O2. The molecule has 0 aliphatic carbocycles. The van der Waals surface area contributed by atoms with Crippen LogP contribution < -0.4 is 15.4 Å². The number of likely N-dealkylation sites (N-methyl/N-ethyl adjacent to an activating group) is 1. The maximum atomic E-state index is 11.2. The zero-order valence-electron chi connectivity index (χ0n) is 8.94. The fourth-order valence-corrected chi connectivity index (χ4v) is 1.03. The number of anilines is 1. The highest BCUT2D eigenvalue weighted by molar-refractivity contribution is 5.83. The fraction of sp³-hybridized carbons (Fsp3) is 0.444. The fourth-order valence-electron chi connectivity index (χ4n) is 1.03. The second kappa shape index (κ2) is 5.14. The maximum absolute atomic E-state index is 11.2. The van der Waals surface area contributed by atoms with Crippen LogP contribution in [-0.2, 0) is 4.79 Å². The normalized spacial score (nSPS) is 11.7. The van der Waals surface area contributed by atoms with Gasteiger partial charge in [-0.1, -0.05) is 0 Å². The van der Waals surface area contributed by atoms with E-state index in [2.05, 4.69) is 20.6 Å². The Morgan fingerprint density at radius 1 is 1.53 bits per heavy atom. The van der Waals surface area contributed by atoms with E-state index in [9.17, 15) is 4.79 Å². The molecule has 0 saturated heterocycles. The molecule has 0 aliphatic heterocycles. The zero-order valence-corrected chi connectivity index (χ0v) is 8.94. The van der Waals surface area contributed by atoms with Gasteiger partial charge >= 0.3 is 0 Å². The number of methoxy groups -OCH3 is 1. The number of hydrogen-bond acceptors (Lipinski definition) is 5. The van der Waals surface area contributed by atoms with Gasteiger partial charge in [-0.15, -0.1) is 0 Å². The van der Waals surface area contributed by atoms with Gasteiger partial charge in [-0.25, -0.2) is 9.97 Å². The highest BCUT2D eigenvalue weighted by atomic mass is 16.5. The highest BCUT2D eigenvalue weighted by Crippen LogP contribution is 2.10. The van der Waals surface area contributed by atoms with Crippen LogP contribution in [0.5, 0.6) is 5.88 Å². The van der Waals surface area contributed by atoms with Crippen LogP contribution in [-0.4, -0.2) is 36.1 Å². The number of carbonyl (C=O) groups is 1. The van der Waals surface area contributed by atoms with E-state index in [0.29, 0.717) is 11.7 Å². The van der Waals surface area contributed by atoms with Crippen LogP contribution in [0.25, 0.3) is 0 Å². The van der Waals surface area contributed by atoms with E-state index in [1.165, 1.54) is 13.4 Å². The lowest BCUT2D eigenvalue weighted by Crippen LogP contribution is -2.35. The lowest BCUT2D eigenvalue weighted by molar-refractivity contribution is -0.121. The molecule has 1 heterocycles. The second-order valence-electron chi connectivity index (χ2n) is 2.93. The first-order valence-corrected chi connectivity index (χ1v) is 4.51. The Kier molecular flexibility index (Phi) is 3.84. The highest BCUT2D eigenvalue weighted by Gasteiger charge is 2.11. The van der Waals surface area contributed by atoms with Crippen molar-refractivity contribution in [2.45, 2.75) is 13.0 Å². The van der Waals surface area contributed by atoms with Crippen LogP contribution >= 0.6 is 0 Å². The number of nitrogens with one attached hydrogen (secondary N) is 2. The maximum Gasteiger partial charge on any atom is 0.241 e. The number of hydrogen-bond donors (Lipinski definition) is 2. The molecule has 1 aromatic rings. The van der Waals surface area contributed by atoms with Gasteiger partial charge in [0.2, 0.25) is 11.8 Å². The first kappa shape index (κ1) is 11.2. The molecule has 1 atom stereocenters. The molecule has 0 aliphatic rings. The molecule has 1 unspecified atom stereocenters. The molecule has 15 heavy (non-hydrogen) atoms. The molecule has 0 bridgehead atoms. The van der Waals surface area contributed by atoms with Crippen molar-refractivity contribution < 1.29 is 9.53 Å². The average Bonchev–Trinajstić information content (AvgIpc) is 2.28. The minimum atomic E-state index is -0.352. The van der Waals surface area contributed by atoms with Crippen molar-refractivity contribution in [2.24, 2.45) is 0 Å². The van der Waals surface area contributed by atoms with Crippen LogP contribution in [0.4, 0.5) is 5.82 Å². The SMILES string of the molecule is CNC(=O)C(C)Nc1cc(OC)ncn1. The van der Waals surface area contributed by atoms with E-state index in [1.807, 2.05) is 0 Å². The van der Waals surface area contributed by atoms with Gasteiger partial charge in [-0.05, 0) is 6.92 Å². The Balaban J connectivity index is 2.67. The molecule has 0 aromatic carbocycles. The van der Waals surface area contributed by atoms with Crippen LogP contribution in [0.3, 0.4) is 0 Å². The molecule has 1 amide bonds. The van der Waals surface area contributed by atoms with Gasteiger partial charge in [0.15, 0.2) is 0 Å². The number of nitrogens with zero attached hydrogens (tertiary/aromatic N) is 2. The Bertz CT molecular complexity index is 343. The van der Waals surface area contributed by atoms with Gasteiger partial charge in [-0.3, -0.25) is 4.79 Å². The predicted molar refractivity (Wildman–Crippen MR) is 55.7 cm³/mol. The summed E-state index contributed by atoms with van der Waals surface area (Å²) in [5, 5.41) is 5.46. The lowest BCUT2D eigenvalue weighted by Gasteiger charge is -2.12. The number of carbonyl (C=O) groups excluding carboxylic acids is 1. The Labute approximate surface area is 88.1 Å². The van der Waals surface area contributed by atoms with Crippen molar-refractivity contribution in [1.82, 2.24) is 15.3 Å². The van der Waals surface area contributed by atoms with Gasteiger partial charge in [-0.2, -0.15) is 0 Å². The number of aromatic nitrogens is 2. The first-order chi connectivity index (χ1) is 7.17. The Morgan fingerprint density at radius 2 is 2.27 bits per heavy atom. The summed E-state index contributed by atoms with van der Waals surface area (Å²) in [5.41, 5.74) is 0. The summed E-state index contributed by atoms with van der Waals surface area (Å²) in [5.74, 6) is 0.905. The van der Waals surface area contributed by atoms with E-state index >= 15 is 0 Å². The van der Waals surface area contributed by atoms with Crippen molar-refractivity contribution in [3.63, 3.8) is 0 Å². The average molecular weight is 210 g/mol. The molecular weight excluding hydrogens is 196 g/mol. The molecule has 0 spiro atoms. The van der Waals surface area contributed by atoms with Gasteiger partial charge < -0.3 is 15.4 Å². The summed E-state index contributed by atoms with van der Waals surface area (Å²) in [6, 6.07) is 1.27. The summed E-state index contributed by atoms with van der Waals surface area (Å²) in [6.45, 7) is 1.74. The summed E-state index contributed by atoms with van der Waals surface area (Å²) in [6.07, 6.45) is 1.37. The van der Waals surface area contributed by atoms with Gasteiger partial charge in [0, 0.05) is 13.1 Å². The zero-order chi connectivity index (χ0) is 11.3. The van der Waals surface area contributed by atoms with E-state index in [-0.39, 0.29) is 11.9 Å². The summed E-state index contributed by atoms with van der Waals surface area (Å²) < 4.78 is 4.93. The van der Waals surface area contributed by atoms with E-state index in [0.717, 1.165) is 0 Å². The van der Waals surface area contributed by atoms with Crippen molar-refractivity contribution in [1.29, 1.82) is 0 Å². The Morgan fingerprint density at radius 3 is 2.87 bits per heavy atom. The van der Waals surface area contributed by atoms with Gasteiger partial charge in [0.25, 0.3) is 0 Å². The molecule has 82 valence electrons. The van der Waals surface area contributed by atoms with E-state index < -0.39 is 0 Å². The number of ether oxygens (including phenoxy) is 1. The lowest BCUT2D eigenvalue weighted by atomic mass is 10.3. The molecule has 2 N–H and O–H groups in total. The topological polar surface area (TPSA) is 76.1 Å². The molecule has 0 radical (unpaired) electrons. The summed E-state index contributed by atoms with van der Waals surface area (Å²) in [7, 11) is 3.11. The summed E-state index contributed by atoms with van der Waals surface area (Å²) >= 11 is 0. The molecule has 1 aromatic heterocycles. The standard InChI is InChI=1S/C9H14N4O2/c1-6(9(14)10-2)13-7-4-8(15-3)12-5-11-7/h4-6H,1-3H3,(H,10,14)(H,11,12,13). The third kappa shape index (κ3) is 3.08. The summed E-state index contributed by atoms with van der Waals surface area (Å²) in [4.78, 5) is 19.0. The van der Waals surface area contributed by atoms with Gasteiger partial charge in [0.05, 0.1) is 7.11 Å².